The quantitative estimate of drug-likeness (QED) is 0.158. The number of hydrazine groups is 2. The molecule has 4 aromatic rings. The molecule has 8 nitrogen and oxygen atoms in total. The van der Waals surface area contributed by atoms with Crippen molar-refractivity contribution in [2.24, 2.45) is 11.7 Å². The molecule has 136 valence electrons. The van der Waals surface area contributed by atoms with Crippen LogP contribution in [0.5, 0.6) is 0 Å². The molecule has 0 spiro atoms. The fraction of sp³-hybridized carbons (Fsp3) is 0. The minimum Gasteiger partial charge on any atom is -0.492 e. The second-order valence-corrected chi connectivity index (χ2v) is 6.03. The maximum absolute atomic E-state index is 12.3. The van der Waals surface area contributed by atoms with E-state index in [0.29, 0.717) is 21.8 Å². The van der Waals surface area contributed by atoms with E-state index >= 15 is 0 Å². The second kappa shape index (κ2) is 6.52. The fourth-order valence-electron chi connectivity index (χ4n) is 3.28. The molecule has 4 rings (SSSR count). The van der Waals surface area contributed by atoms with Crippen molar-refractivity contribution >= 4 is 39.7 Å². The topological polar surface area (TPSA) is 145 Å². The molecule has 1 amide bonds. The average Bonchev–Trinajstić information content (AvgIpc) is 3.26. The Morgan fingerprint density at radius 3 is 2.22 bits per heavy atom. The number of aromatic nitrogens is 2. The molecule has 0 aliphatic carbocycles. The summed E-state index contributed by atoms with van der Waals surface area (Å²) in [6.07, 6.45) is 1.82. The van der Waals surface area contributed by atoms with Crippen molar-refractivity contribution in [3.8, 4) is 0 Å². The highest BCUT2D eigenvalue weighted by atomic mass is 16.3. The van der Waals surface area contributed by atoms with Crippen LogP contribution in [0.25, 0.3) is 33.8 Å². The van der Waals surface area contributed by atoms with Crippen LogP contribution in [0.1, 0.15) is 16.1 Å². The van der Waals surface area contributed by atoms with Gasteiger partial charge in [-0.15, -0.1) is 0 Å². The van der Waals surface area contributed by atoms with Gasteiger partial charge in [-0.2, -0.15) is 0 Å². The lowest BCUT2D eigenvalue weighted by molar-refractivity contribution is 0.0949. The Labute approximate surface area is 153 Å². The lowest BCUT2D eigenvalue weighted by atomic mass is 10.1. The normalized spacial score (nSPS) is 13.2. The minimum absolute atomic E-state index is 0.206. The van der Waals surface area contributed by atoms with Crippen LogP contribution in [-0.4, -0.2) is 21.0 Å². The molecule has 0 saturated heterocycles. The molecular weight excluding hydrogens is 344 g/mol. The van der Waals surface area contributed by atoms with Gasteiger partial charge >= 0.3 is 0 Å². The van der Waals surface area contributed by atoms with Gasteiger partial charge in [-0.25, -0.2) is 11.7 Å². The SMILES string of the molecule is NNC(=O)c1[nH]c2ccccc2c1C=c1c(=C(O)NN)[nH]c2ccccc12. The first-order chi connectivity index (χ1) is 13.1. The molecule has 0 atom stereocenters. The smallest absolute Gasteiger partial charge is 0.282 e. The van der Waals surface area contributed by atoms with Gasteiger partial charge in [0.15, 0.2) is 0 Å². The predicted octanol–water partition coefficient (Wildman–Crippen LogP) is 0.168. The summed E-state index contributed by atoms with van der Waals surface area (Å²) in [7, 11) is 0. The van der Waals surface area contributed by atoms with E-state index in [1.807, 2.05) is 54.6 Å². The average molecular weight is 362 g/mol. The molecule has 0 aliphatic heterocycles. The molecule has 0 saturated carbocycles. The van der Waals surface area contributed by atoms with Gasteiger partial charge in [0.25, 0.3) is 5.91 Å². The van der Waals surface area contributed by atoms with Gasteiger partial charge in [0, 0.05) is 32.6 Å². The number of rotatable bonds is 3. The van der Waals surface area contributed by atoms with Crippen LogP contribution in [0.2, 0.25) is 0 Å². The number of nitrogen functional groups attached to an aromatic ring is 1. The number of aliphatic hydroxyl groups excluding tert-OH is 1. The largest absolute Gasteiger partial charge is 0.492 e. The number of aliphatic hydroxyl groups is 1. The number of amides is 1. The van der Waals surface area contributed by atoms with E-state index in [9.17, 15) is 9.90 Å². The molecule has 2 heterocycles. The molecule has 27 heavy (non-hydrogen) atoms. The van der Waals surface area contributed by atoms with E-state index in [1.54, 1.807) is 0 Å². The maximum Gasteiger partial charge on any atom is 0.282 e. The molecule has 2 aromatic carbocycles. The summed E-state index contributed by atoms with van der Waals surface area (Å²) in [6, 6.07) is 15.1. The van der Waals surface area contributed by atoms with Gasteiger partial charge in [0.05, 0.1) is 0 Å². The summed E-state index contributed by atoms with van der Waals surface area (Å²) >= 11 is 0. The van der Waals surface area contributed by atoms with E-state index in [-0.39, 0.29) is 5.88 Å². The Kier molecular flexibility index (Phi) is 4.03. The van der Waals surface area contributed by atoms with Crippen LogP contribution >= 0.6 is 0 Å². The Balaban J connectivity index is 2.16. The fourth-order valence-corrected chi connectivity index (χ4v) is 3.28. The summed E-state index contributed by atoms with van der Waals surface area (Å²) in [6.45, 7) is 0. The Morgan fingerprint density at radius 2 is 1.56 bits per heavy atom. The molecule has 0 fully saturated rings. The number of benzene rings is 2. The first-order valence-corrected chi connectivity index (χ1v) is 8.24. The summed E-state index contributed by atoms with van der Waals surface area (Å²) in [5.74, 6) is 10.1. The van der Waals surface area contributed by atoms with Crippen molar-refractivity contribution in [1.82, 2.24) is 20.8 Å². The number of para-hydroxylation sites is 2. The lowest BCUT2D eigenvalue weighted by Gasteiger charge is -1.99. The standard InChI is InChI=1S/C19H18N6O2/c20-24-18(26)16-12(10-5-1-3-7-14(10)22-16)9-13-11-6-2-4-8-15(11)23-17(13)19(27)25-21/h1-9,22-24,26H,20-21H2,(H,25,27). The molecule has 0 unspecified atom stereocenters. The van der Waals surface area contributed by atoms with Crippen LogP contribution in [0.15, 0.2) is 48.5 Å². The van der Waals surface area contributed by atoms with Crippen molar-refractivity contribution in [1.29, 1.82) is 0 Å². The number of carbonyl (C=O) groups is 1. The third-order valence-corrected chi connectivity index (χ3v) is 4.51. The highest BCUT2D eigenvalue weighted by Crippen LogP contribution is 2.23. The monoisotopic (exact) mass is 362 g/mol. The van der Waals surface area contributed by atoms with Gasteiger partial charge < -0.3 is 15.1 Å². The summed E-state index contributed by atoms with van der Waals surface area (Å²) in [4.78, 5) is 18.5. The minimum atomic E-state index is -0.441. The van der Waals surface area contributed by atoms with Crippen LogP contribution in [0.3, 0.4) is 0 Å². The van der Waals surface area contributed by atoms with Crippen molar-refractivity contribution in [2.45, 2.75) is 0 Å². The molecule has 0 bridgehead atoms. The Bertz CT molecular complexity index is 1280. The van der Waals surface area contributed by atoms with E-state index in [0.717, 1.165) is 21.8 Å². The number of hydrogen-bond acceptors (Lipinski definition) is 5. The van der Waals surface area contributed by atoms with Crippen molar-refractivity contribution in [3.63, 3.8) is 0 Å². The molecule has 8 heteroatoms. The van der Waals surface area contributed by atoms with Crippen molar-refractivity contribution in [2.75, 3.05) is 0 Å². The number of fused-ring (bicyclic) bond motifs is 2. The van der Waals surface area contributed by atoms with E-state index < -0.39 is 5.91 Å². The van der Waals surface area contributed by atoms with Crippen LogP contribution in [-0.2, 0) is 0 Å². The van der Waals surface area contributed by atoms with E-state index in [4.69, 9.17) is 11.7 Å². The third-order valence-electron chi connectivity index (χ3n) is 4.51. The van der Waals surface area contributed by atoms with Gasteiger partial charge in [-0.3, -0.25) is 15.6 Å². The predicted molar refractivity (Wildman–Crippen MR) is 104 cm³/mol. The number of aromatic amines is 2. The van der Waals surface area contributed by atoms with Gasteiger partial charge in [-0.1, -0.05) is 36.4 Å². The molecule has 0 aliphatic rings. The Hall–Kier alpha value is -3.75. The summed E-state index contributed by atoms with van der Waals surface area (Å²) in [5, 5.41) is 13.0. The molecule has 9 N–H and O–H groups in total. The molecule has 0 radical (unpaired) electrons. The number of hydrogen-bond donors (Lipinski definition) is 7. The lowest BCUT2D eigenvalue weighted by Crippen LogP contribution is -2.34. The van der Waals surface area contributed by atoms with E-state index in [1.165, 1.54) is 0 Å². The number of carbonyl (C=O) groups excluding carboxylic acids is 1. The first-order valence-electron chi connectivity index (χ1n) is 8.24. The maximum atomic E-state index is 12.3. The zero-order valence-electron chi connectivity index (χ0n) is 14.2. The highest BCUT2D eigenvalue weighted by Gasteiger charge is 2.16. The third kappa shape index (κ3) is 2.69. The van der Waals surface area contributed by atoms with E-state index in [2.05, 4.69) is 20.8 Å². The number of H-pyrrole nitrogens is 2. The Morgan fingerprint density at radius 1 is 0.926 bits per heavy atom. The van der Waals surface area contributed by atoms with Gasteiger partial charge in [-0.05, 0) is 18.2 Å². The zero-order valence-corrected chi connectivity index (χ0v) is 14.2. The zero-order chi connectivity index (χ0) is 19.0. The first kappa shape index (κ1) is 16.7. The number of nitrogens with two attached hydrogens (primary N) is 2. The van der Waals surface area contributed by atoms with Gasteiger partial charge in [0.1, 0.15) is 11.0 Å². The van der Waals surface area contributed by atoms with Crippen molar-refractivity contribution < 1.29 is 9.90 Å². The van der Waals surface area contributed by atoms with Crippen LogP contribution in [0.4, 0.5) is 0 Å². The molecule has 2 aromatic heterocycles. The van der Waals surface area contributed by atoms with Gasteiger partial charge in [0.2, 0.25) is 5.88 Å². The van der Waals surface area contributed by atoms with Crippen molar-refractivity contribution in [3.05, 3.63) is 70.4 Å². The van der Waals surface area contributed by atoms with Crippen LogP contribution in [0, 0.1) is 0 Å². The number of nitrogens with one attached hydrogen (secondary N) is 4. The summed E-state index contributed by atoms with van der Waals surface area (Å²) in [5.41, 5.74) is 7.03. The summed E-state index contributed by atoms with van der Waals surface area (Å²) < 4.78 is 0. The highest BCUT2D eigenvalue weighted by molar-refractivity contribution is 6.04. The second-order valence-electron chi connectivity index (χ2n) is 6.03. The van der Waals surface area contributed by atoms with Crippen LogP contribution < -0.4 is 33.1 Å². The molecular formula is C19H18N6O2.